The van der Waals surface area contributed by atoms with Crippen molar-refractivity contribution in [3.8, 4) is 6.07 Å². The molecule has 10 nitrogen and oxygen atoms in total. The number of aliphatic hydroxyl groups excluding tert-OH is 5. The maximum absolute atomic E-state index is 10.5. The molecule has 1 aliphatic heterocycles. The van der Waals surface area contributed by atoms with Gasteiger partial charge in [0.05, 0.1) is 24.9 Å². The Morgan fingerprint density at radius 1 is 1.15 bits per heavy atom. The minimum absolute atomic E-state index is 0.189. The second-order valence-electron chi connectivity index (χ2n) is 6.25. The summed E-state index contributed by atoms with van der Waals surface area (Å²) in [6.07, 6.45) is -9.22. The van der Waals surface area contributed by atoms with Crippen molar-refractivity contribution in [2.24, 2.45) is 0 Å². The molecular weight excluding hydrogens is 350 g/mol. The van der Waals surface area contributed by atoms with Crippen molar-refractivity contribution < 1.29 is 44.5 Å². The maximum Gasteiger partial charge on any atom is 0.187 e. The zero-order valence-electron chi connectivity index (χ0n) is 14.5. The zero-order chi connectivity index (χ0) is 19.4. The lowest BCUT2D eigenvalue weighted by Crippen LogP contribution is -2.60. The first-order valence-corrected chi connectivity index (χ1v) is 8.18. The number of nitrogens with zero attached hydrogens (tertiary/aromatic N) is 1. The molecule has 2 fully saturated rings. The number of nitriles is 1. The fraction of sp³-hybridized carbons (Fsp3) is 0.812. The Morgan fingerprint density at radius 2 is 1.85 bits per heavy atom. The summed E-state index contributed by atoms with van der Waals surface area (Å²) in [5.41, 5.74) is 0.213. The Balaban J connectivity index is 2.22. The summed E-state index contributed by atoms with van der Waals surface area (Å²) in [6.45, 7) is -0.592. The Kier molecular flexibility index (Phi) is 7.48. The second-order valence-corrected chi connectivity index (χ2v) is 6.25. The molecule has 2 aliphatic rings. The van der Waals surface area contributed by atoms with E-state index >= 15 is 0 Å². The molecule has 0 amide bonds. The number of hydrogen-bond acceptors (Lipinski definition) is 10. The number of methoxy groups -OCH3 is 2. The highest BCUT2D eigenvalue weighted by Gasteiger charge is 2.48. The number of hydrogen-bond donors (Lipinski definition) is 5. The lowest BCUT2D eigenvalue weighted by Gasteiger charge is -2.44. The van der Waals surface area contributed by atoms with Gasteiger partial charge in [-0.15, -0.1) is 0 Å². The van der Waals surface area contributed by atoms with Crippen molar-refractivity contribution in [2.75, 3.05) is 20.8 Å². The van der Waals surface area contributed by atoms with E-state index in [0.29, 0.717) is 0 Å². The first-order chi connectivity index (χ1) is 12.4. The predicted octanol–water partition coefficient (Wildman–Crippen LogP) is -2.58. The normalized spacial score (nSPS) is 45.5. The Labute approximate surface area is 150 Å². The number of rotatable bonds is 5. The van der Waals surface area contributed by atoms with Crippen LogP contribution in [0, 0.1) is 11.3 Å². The third-order valence-corrected chi connectivity index (χ3v) is 4.79. The molecule has 0 spiro atoms. The molecule has 148 valence electrons. The second kappa shape index (κ2) is 9.18. The molecule has 5 N–H and O–H groups in total. The van der Waals surface area contributed by atoms with Gasteiger partial charge in [0.15, 0.2) is 6.29 Å². The van der Waals surface area contributed by atoms with Crippen LogP contribution in [0.2, 0.25) is 0 Å². The van der Waals surface area contributed by atoms with Crippen molar-refractivity contribution in [1.29, 1.82) is 5.26 Å². The molecule has 0 unspecified atom stereocenters. The predicted molar refractivity (Wildman–Crippen MR) is 84.6 cm³/mol. The van der Waals surface area contributed by atoms with Crippen LogP contribution in [0.25, 0.3) is 0 Å². The molecule has 0 aromatic heterocycles. The van der Waals surface area contributed by atoms with Crippen molar-refractivity contribution in [2.45, 2.75) is 61.5 Å². The van der Waals surface area contributed by atoms with Crippen molar-refractivity contribution in [3.05, 3.63) is 11.6 Å². The molecule has 1 saturated heterocycles. The van der Waals surface area contributed by atoms with Crippen LogP contribution in [0.3, 0.4) is 0 Å². The van der Waals surface area contributed by atoms with Gasteiger partial charge in [-0.3, -0.25) is 0 Å². The molecule has 0 bridgehead atoms. The van der Waals surface area contributed by atoms with E-state index in [1.54, 1.807) is 0 Å². The van der Waals surface area contributed by atoms with Gasteiger partial charge in [-0.1, -0.05) is 0 Å². The minimum Gasteiger partial charge on any atom is -0.394 e. The monoisotopic (exact) mass is 375 g/mol. The van der Waals surface area contributed by atoms with Gasteiger partial charge in [0.25, 0.3) is 0 Å². The lowest BCUT2D eigenvalue weighted by atomic mass is 9.84. The van der Waals surface area contributed by atoms with Gasteiger partial charge in [-0.05, 0) is 0 Å². The summed E-state index contributed by atoms with van der Waals surface area (Å²) in [4.78, 5) is 0. The van der Waals surface area contributed by atoms with Crippen LogP contribution in [0.1, 0.15) is 6.42 Å². The van der Waals surface area contributed by atoms with Gasteiger partial charge < -0.3 is 44.5 Å². The fourth-order valence-electron chi connectivity index (χ4n) is 3.30. The largest absolute Gasteiger partial charge is 0.394 e. The third-order valence-electron chi connectivity index (χ3n) is 4.79. The van der Waals surface area contributed by atoms with Gasteiger partial charge >= 0.3 is 0 Å². The summed E-state index contributed by atoms with van der Waals surface area (Å²) in [6, 6.07) is 1.83. The van der Waals surface area contributed by atoms with Crippen LogP contribution in [0.4, 0.5) is 0 Å². The van der Waals surface area contributed by atoms with E-state index in [1.165, 1.54) is 14.2 Å². The van der Waals surface area contributed by atoms with E-state index in [1.807, 2.05) is 6.07 Å². The van der Waals surface area contributed by atoms with E-state index in [9.17, 15) is 25.5 Å². The van der Waals surface area contributed by atoms with Crippen LogP contribution >= 0.6 is 0 Å². The lowest BCUT2D eigenvalue weighted by molar-refractivity contribution is -0.312. The van der Waals surface area contributed by atoms with Gasteiger partial charge in [0.2, 0.25) is 0 Å². The molecule has 1 saturated carbocycles. The average Bonchev–Trinajstić information content (AvgIpc) is 2.64. The first-order valence-electron chi connectivity index (χ1n) is 8.18. The summed E-state index contributed by atoms with van der Waals surface area (Å²) in [5.74, 6) is 0. The van der Waals surface area contributed by atoms with Gasteiger partial charge in [-0.25, -0.2) is 0 Å². The molecule has 9 atom stereocenters. The highest BCUT2D eigenvalue weighted by molar-refractivity contribution is 5.26. The van der Waals surface area contributed by atoms with Crippen LogP contribution < -0.4 is 0 Å². The third kappa shape index (κ3) is 4.07. The average molecular weight is 375 g/mol. The summed E-state index contributed by atoms with van der Waals surface area (Å²) in [5, 5.41) is 58.5. The number of aliphatic hydroxyl groups is 5. The van der Waals surface area contributed by atoms with E-state index in [4.69, 9.17) is 24.2 Å². The Hall–Kier alpha value is -1.13. The maximum atomic E-state index is 10.5. The SMILES string of the molecule is CO[C@H]1[C@@H](OC)C[C@@H](O[C@H]2O[C@@H](CO)[C@H](O)[C@@H](O)[C@@H]2O)/C(=C\C#N)[C@@H]1O. The molecule has 1 heterocycles. The van der Waals surface area contributed by atoms with Crippen molar-refractivity contribution in [1.82, 2.24) is 0 Å². The van der Waals surface area contributed by atoms with Crippen LogP contribution in [0.15, 0.2) is 11.6 Å². The van der Waals surface area contributed by atoms with Crippen LogP contribution in [0.5, 0.6) is 0 Å². The molecule has 0 aromatic rings. The molecule has 1 aliphatic carbocycles. The molecule has 0 radical (unpaired) electrons. The number of allylic oxidation sites excluding steroid dienone is 1. The first kappa shape index (κ1) is 21.2. The van der Waals surface area contributed by atoms with E-state index in [2.05, 4.69) is 0 Å². The molecular formula is C16H25NO9. The molecule has 26 heavy (non-hydrogen) atoms. The van der Waals surface area contributed by atoms with Crippen LogP contribution in [-0.4, -0.2) is 101 Å². The standard InChI is InChI=1S/C16H25NO9/c1-23-9-5-8(7(3-4-17)11(19)15(9)24-2)25-16-14(22)13(21)12(20)10(6-18)26-16/h3,8-16,18-22H,5-6H2,1-2H3/b7-3+/t8-,9+,10+,11+,12+,13-,14+,15+,16+/m1/s1. The topological polar surface area (TPSA) is 162 Å². The minimum atomic E-state index is -1.59. The smallest absolute Gasteiger partial charge is 0.187 e. The Morgan fingerprint density at radius 3 is 2.38 bits per heavy atom. The summed E-state index contributed by atoms with van der Waals surface area (Å²) >= 11 is 0. The quantitative estimate of drug-likeness (QED) is 0.323. The summed E-state index contributed by atoms with van der Waals surface area (Å²) in [7, 11) is 2.84. The Bertz CT molecular complexity index is 534. The molecule has 0 aromatic carbocycles. The van der Waals surface area contributed by atoms with E-state index < -0.39 is 61.7 Å². The highest BCUT2D eigenvalue weighted by Crippen LogP contribution is 2.33. The van der Waals surface area contributed by atoms with Crippen LogP contribution in [-0.2, 0) is 18.9 Å². The molecule has 2 rings (SSSR count). The van der Waals surface area contributed by atoms with Gasteiger partial charge in [0, 0.05) is 32.3 Å². The van der Waals surface area contributed by atoms with Gasteiger partial charge in [0.1, 0.15) is 36.6 Å². The number of ether oxygens (including phenoxy) is 4. The molecule has 10 heteroatoms. The fourth-order valence-corrected chi connectivity index (χ4v) is 3.30. The van der Waals surface area contributed by atoms with E-state index in [-0.39, 0.29) is 12.0 Å². The van der Waals surface area contributed by atoms with Gasteiger partial charge in [-0.2, -0.15) is 5.26 Å². The van der Waals surface area contributed by atoms with Crippen molar-refractivity contribution >= 4 is 0 Å². The summed E-state index contributed by atoms with van der Waals surface area (Å²) < 4.78 is 21.6. The zero-order valence-corrected chi connectivity index (χ0v) is 14.5. The van der Waals surface area contributed by atoms with Crippen molar-refractivity contribution in [3.63, 3.8) is 0 Å². The van der Waals surface area contributed by atoms with E-state index in [0.717, 1.165) is 6.08 Å². The highest BCUT2D eigenvalue weighted by atomic mass is 16.7.